The molecular weight excluding hydrogens is 615 g/mol. The van der Waals surface area contributed by atoms with Crippen LogP contribution < -0.4 is 19.5 Å². The van der Waals surface area contributed by atoms with Crippen LogP contribution in [0.15, 0.2) is 95.0 Å². The van der Waals surface area contributed by atoms with Gasteiger partial charge in [0, 0.05) is 21.3 Å². The van der Waals surface area contributed by atoms with Gasteiger partial charge in [-0.1, -0.05) is 59.6 Å². The van der Waals surface area contributed by atoms with Crippen molar-refractivity contribution in [1.82, 2.24) is 0 Å². The maximum Gasteiger partial charge on any atom is 0.266 e. The number of hydrogen-bond acceptors (Lipinski definition) is 5. The summed E-state index contributed by atoms with van der Waals surface area (Å²) in [7, 11) is 1.50. The molecule has 0 heterocycles. The molecule has 0 bridgehead atoms. The van der Waals surface area contributed by atoms with Gasteiger partial charge in [-0.3, -0.25) is 4.79 Å². The van der Waals surface area contributed by atoms with Gasteiger partial charge in [0.15, 0.2) is 11.5 Å². The number of carbonyl (C=O) groups is 1. The summed E-state index contributed by atoms with van der Waals surface area (Å²) < 4.78 is 17.8. The molecule has 0 saturated heterocycles. The van der Waals surface area contributed by atoms with Gasteiger partial charge in [-0.15, -0.1) is 0 Å². The van der Waals surface area contributed by atoms with Crippen LogP contribution in [-0.4, -0.2) is 13.0 Å². The number of rotatable bonds is 10. The number of benzene rings is 4. The van der Waals surface area contributed by atoms with Crippen LogP contribution in [0, 0.1) is 11.3 Å². The van der Waals surface area contributed by atoms with Crippen molar-refractivity contribution in [2.45, 2.75) is 13.2 Å². The van der Waals surface area contributed by atoms with Gasteiger partial charge in [-0.25, -0.2) is 0 Å². The minimum atomic E-state index is -0.548. The first-order valence-corrected chi connectivity index (χ1v) is 13.6. The molecular formula is C31H23BrCl2N2O4. The van der Waals surface area contributed by atoms with E-state index in [0.717, 1.165) is 11.1 Å². The van der Waals surface area contributed by atoms with E-state index in [4.69, 9.17) is 37.4 Å². The Hall–Kier alpha value is -3.96. The highest BCUT2D eigenvalue weighted by Gasteiger charge is 2.15. The van der Waals surface area contributed by atoms with Crippen LogP contribution in [0.4, 0.5) is 5.69 Å². The quantitative estimate of drug-likeness (QED) is 0.139. The second-order valence-corrected chi connectivity index (χ2v) is 10.2. The molecule has 0 spiro atoms. The standard InChI is InChI=1S/C31H23BrCl2N2O4/c1-38-29-15-21(14-27(32)30(29)40-19-22-7-8-24(33)16-28(22)34)13-23(17-35)31(37)36-25-9-11-26(12-10-25)39-18-20-5-3-2-4-6-20/h2-16H,18-19H2,1H3,(H,36,37)/b23-13+. The van der Waals surface area contributed by atoms with E-state index in [9.17, 15) is 10.1 Å². The Morgan fingerprint density at radius 2 is 1.73 bits per heavy atom. The molecule has 4 rings (SSSR count). The molecule has 1 N–H and O–H groups in total. The Morgan fingerprint density at radius 1 is 0.975 bits per heavy atom. The Morgan fingerprint density at radius 3 is 2.40 bits per heavy atom. The Labute approximate surface area is 250 Å². The van der Waals surface area contributed by atoms with Crippen molar-refractivity contribution < 1.29 is 19.0 Å². The lowest BCUT2D eigenvalue weighted by Crippen LogP contribution is -2.13. The zero-order chi connectivity index (χ0) is 28.5. The summed E-state index contributed by atoms with van der Waals surface area (Å²) >= 11 is 15.7. The number of amides is 1. The fourth-order valence-corrected chi connectivity index (χ4v) is 4.68. The first kappa shape index (κ1) is 29.0. The molecule has 9 heteroatoms. The summed E-state index contributed by atoms with van der Waals surface area (Å²) in [6, 6.07) is 27.3. The predicted octanol–water partition coefficient (Wildman–Crippen LogP) is 8.47. The van der Waals surface area contributed by atoms with Gasteiger partial charge in [-0.2, -0.15) is 5.26 Å². The lowest BCUT2D eigenvalue weighted by Gasteiger charge is -2.14. The van der Waals surface area contributed by atoms with Crippen LogP contribution in [0.1, 0.15) is 16.7 Å². The van der Waals surface area contributed by atoms with Crippen LogP contribution in [0.5, 0.6) is 17.2 Å². The van der Waals surface area contributed by atoms with Crippen molar-refractivity contribution >= 4 is 56.8 Å². The van der Waals surface area contributed by atoms with Crippen molar-refractivity contribution in [3.63, 3.8) is 0 Å². The summed E-state index contributed by atoms with van der Waals surface area (Å²) in [6.07, 6.45) is 1.47. The monoisotopic (exact) mass is 636 g/mol. The maximum absolute atomic E-state index is 12.8. The smallest absolute Gasteiger partial charge is 0.266 e. The van der Waals surface area contributed by atoms with Crippen LogP contribution in [0.3, 0.4) is 0 Å². The minimum absolute atomic E-state index is 0.0834. The van der Waals surface area contributed by atoms with E-state index in [1.807, 2.05) is 36.4 Å². The molecule has 6 nitrogen and oxygen atoms in total. The van der Waals surface area contributed by atoms with E-state index in [0.29, 0.717) is 49.6 Å². The van der Waals surface area contributed by atoms with Crippen LogP contribution in [-0.2, 0) is 18.0 Å². The number of ether oxygens (including phenoxy) is 3. The summed E-state index contributed by atoms with van der Waals surface area (Å²) in [4.78, 5) is 12.8. The Bertz CT molecular complexity index is 1570. The molecule has 0 aliphatic rings. The second kappa shape index (κ2) is 13.9. The van der Waals surface area contributed by atoms with Crippen molar-refractivity contribution in [2.24, 2.45) is 0 Å². The predicted molar refractivity (Wildman–Crippen MR) is 161 cm³/mol. The highest BCUT2D eigenvalue weighted by molar-refractivity contribution is 9.10. The molecule has 4 aromatic carbocycles. The summed E-state index contributed by atoms with van der Waals surface area (Å²) in [6.45, 7) is 0.619. The third-order valence-corrected chi connectivity index (χ3v) is 6.85. The zero-order valence-electron chi connectivity index (χ0n) is 21.3. The lowest BCUT2D eigenvalue weighted by molar-refractivity contribution is -0.112. The van der Waals surface area contributed by atoms with Crippen molar-refractivity contribution in [2.75, 3.05) is 12.4 Å². The van der Waals surface area contributed by atoms with E-state index < -0.39 is 5.91 Å². The summed E-state index contributed by atoms with van der Waals surface area (Å²) in [5, 5.41) is 13.4. The van der Waals surface area contributed by atoms with Crippen molar-refractivity contribution in [1.29, 1.82) is 5.26 Å². The van der Waals surface area contributed by atoms with E-state index >= 15 is 0 Å². The van der Waals surface area contributed by atoms with Gasteiger partial charge < -0.3 is 19.5 Å². The van der Waals surface area contributed by atoms with Crippen LogP contribution in [0.2, 0.25) is 10.0 Å². The molecule has 202 valence electrons. The average Bonchev–Trinajstić information content (AvgIpc) is 2.96. The van der Waals surface area contributed by atoms with E-state index in [-0.39, 0.29) is 12.2 Å². The van der Waals surface area contributed by atoms with E-state index in [1.165, 1.54) is 13.2 Å². The SMILES string of the molecule is COc1cc(/C=C(\C#N)C(=O)Nc2ccc(OCc3ccccc3)cc2)cc(Br)c1OCc1ccc(Cl)cc1Cl. The molecule has 40 heavy (non-hydrogen) atoms. The first-order chi connectivity index (χ1) is 19.4. The molecule has 0 atom stereocenters. The highest BCUT2D eigenvalue weighted by Crippen LogP contribution is 2.38. The van der Waals surface area contributed by atoms with Crippen LogP contribution >= 0.6 is 39.1 Å². The summed E-state index contributed by atoms with van der Waals surface area (Å²) in [5.74, 6) is 0.974. The number of carbonyl (C=O) groups excluding carboxylic acids is 1. The lowest BCUT2D eigenvalue weighted by atomic mass is 10.1. The van der Waals surface area contributed by atoms with Gasteiger partial charge in [-0.05, 0) is 81.7 Å². The van der Waals surface area contributed by atoms with E-state index in [2.05, 4.69) is 21.2 Å². The third kappa shape index (κ3) is 7.80. The highest BCUT2D eigenvalue weighted by atomic mass is 79.9. The first-order valence-electron chi connectivity index (χ1n) is 12.0. The Balaban J connectivity index is 1.43. The normalized spacial score (nSPS) is 10.9. The fraction of sp³-hybridized carbons (Fsp3) is 0.0968. The minimum Gasteiger partial charge on any atom is -0.493 e. The fourth-order valence-electron chi connectivity index (χ4n) is 3.64. The van der Waals surface area contributed by atoms with Gasteiger partial charge >= 0.3 is 0 Å². The van der Waals surface area contributed by atoms with Gasteiger partial charge in [0.05, 0.1) is 11.6 Å². The number of nitriles is 1. The molecule has 0 aliphatic heterocycles. The largest absolute Gasteiger partial charge is 0.493 e. The van der Waals surface area contributed by atoms with E-state index in [1.54, 1.807) is 54.6 Å². The van der Waals surface area contributed by atoms with Crippen molar-refractivity contribution in [3.8, 4) is 23.3 Å². The zero-order valence-corrected chi connectivity index (χ0v) is 24.4. The maximum atomic E-state index is 12.8. The number of nitrogens with zero attached hydrogens (tertiary/aromatic N) is 1. The molecule has 0 unspecified atom stereocenters. The number of nitrogens with one attached hydrogen (secondary N) is 1. The van der Waals surface area contributed by atoms with Gasteiger partial charge in [0.1, 0.15) is 30.6 Å². The van der Waals surface area contributed by atoms with Gasteiger partial charge in [0.2, 0.25) is 0 Å². The number of anilines is 1. The number of methoxy groups -OCH3 is 1. The van der Waals surface area contributed by atoms with Gasteiger partial charge in [0.25, 0.3) is 5.91 Å². The molecule has 0 saturated carbocycles. The number of halogens is 3. The molecule has 0 radical (unpaired) electrons. The average molecular weight is 638 g/mol. The van der Waals surface area contributed by atoms with Crippen molar-refractivity contribution in [3.05, 3.63) is 122 Å². The molecule has 0 fully saturated rings. The molecule has 0 aliphatic carbocycles. The number of hydrogen-bond donors (Lipinski definition) is 1. The molecule has 0 aromatic heterocycles. The summed E-state index contributed by atoms with van der Waals surface area (Å²) in [5.41, 5.74) is 2.82. The Kier molecular flexibility index (Phi) is 10.1. The molecule has 1 amide bonds. The van der Waals surface area contributed by atoms with Crippen LogP contribution in [0.25, 0.3) is 6.08 Å². The second-order valence-electron chi connectivity index (χ2n) is 8.48. The molecule has 4 aromatic rings. The topological polar surface area (TPSA) is 80.6 Å². The third-order valence-electron chi connectivity index (χ3n) is 5.68.